The van der Waals surface area contributed by atoms with Gasteiger partial charge < -0.3 is 9.80 Å². The number of rotatable bonds is 2. The standard InChI is InChI=1S/C19H18N4O/c20-11-14-5-6-18(21-12-14)22-9-7-16(13-22)19(24)23-10-8-15-3-1-2-4-17(15)23/h1-6,12,16H,7-10,13H2. The van der Waals surface area contributed by atoms with Crippen LogP contribution in [0.3, 0.4) is 0 Å². The van der Waals surface area contributed by atoms with E-state index in [1.165, 1.54) is 5.56 Å². The van der Waals surface area contributed by atoms with Crippen LogP contribution in [0.15, 0.2) is 42.6 Å². The van der Waals surface area contributed by atoms with Crippen molar-refractivity contribution in [3.63, 3.8) is 0 Å². The van der Waals surface area contributed by atoms with Crippen LogP contribution in [0.4, 0.5) is 11.5 Å². The Labute approximate surface area is 141 Å². The summed E-state index contributed by atoms with van der Waals surface area (Å²) in [5, 5.41) is 8.86. The Balaban J connectivity index is 1.47. The monoisotopic (exact) mass is 318 g/mol. The highest BCUT2D eigenvalue weighted by Gasteiger charge is 2.34. The number of hydrogen-bond donors (Lipinski definition) is 0. The number of benzene rings is 1. The number of nitrogens with zero attached hydrogens (tertiary/aromatic N) is 4. The molecule has 0 radical (unpaired) electrons. The minimum absolute atomic E-state index is 0.00796. The predicted molar refractivity (Wildman–Crippen MR) is 91.8 cm³/mol. The Morgan fingerprint density at radius 1 is 1.21 bits per heavy atom. The summed E-state index contributed by atoms with van der Waals surface area (Å²) in [6.07, 6.45) is 3.37. The summed E-state index contributed by atoms with van der Waals surface area (Å²) in [4.78, 5) is 21.3. The molecular formula is C19H18N4O. The Kier molecular flexibility index (Phi) is 3.66. The molecule has 1 amide bonds. The van der Waals surface area contributed by atoms with Crippen molar-refractivity contribution in [1.82, 2.24) is 4.98 Å². The topological polar surface area (TPSA) is 60.2 Å². The van der Waals surface area contributed by atoms with Gasteiger partial charge in [0.1, 0.15) is 11.9 Å². The number of hydrogen-bond acceptors (Lipinski definition) is 4. The van der Waals surface area contributed by atoms with Crippen LogP contribution in [0.2, 0.25) is 0 Å². The third-order valence-electron chi connectivity index (χ3n) is 4.89. The maximum Gasteiger partial charge on any atom is 0.231 e. The van der Waals surface area contributed by atoms with Crippen molar-refractivity contribution in [3.8, 4) is 6.07 Å². The molecule has 0 aliphatic carbocycles. The van der Waals surface area contributed by atoms with Crippen molar-refractivity contribution < 1.29 is 4.79 Å². The van der Waals surface area contributed by atoms with E-state index in [2.05, 4.69) is 22.0 Å². The van der Waals surface area contributed by atoms with Gasteiger partial charge in [-0.1, -0.05) is 18.2 Å². The van der Waals surface area contributed by atoms with E-state index >= 15 is 0 Å². The lowest BCUT2D eigenvalue weighted by atomic mass is 10.1. The first-order valence-corrected chi connectivity index (χ1v) is 8.26. The van der Waals surface area contributed by atoms with Gasteiger partial charge in [0.05, 0.1) is 11.5 Å². The minimum atomic E-state index is 0.00796. The van der Waals surface area contributed by atoms with Gasteiger partial charge >= 0.3 is 0 Å². The Bertz CT molecular complexity index is 809. The summed E-state index contributed by atoms with van der Waals surface area (Å²) in [6, 6.07) is 13.9. The molecule has 120 valence electrons. The molecule has 2 aliphatic heterocycles. The van der Waals surface area contributed by atoms with E-state index < -0.39 is 0 Å². The summed E-state index contributed by atoms with van der Waals surface area (Å²) in [6.45, 7) is 2.30. The van der Waals surface area contributed by atoms with Crippen LogP contribution >= 0.6 is 0 Å². The quantitative estimate of drug-likeness (QED) is 0.853. The first-order chi connectivity index (χ1) is 11.8. The van der Waals surface area contributed by atoms with E-state index in [1.54, 1.807) is 12.3 Å². The Morgan fingerprint density at radius 2 is 2.08 bits per heavy atom. The van der Waals surface area contributed by atoms with Gasteiger partial charge in [0.2, 0.25) is 5.91 Å². The van der Waals surface area contributed by atoms with Crippen molar-refractivity contribution in [3.05, 3.63) is 53.7 Å². The van der Waals surface area contributed by atoms with E-state index in [9.17, 15) is 4.79 Å². The molecule has 5 nitrogen and oxygen atoms in total. The van der Waals surface area contributed by atoms with Crippen LogP contribution in [0.5, 0.6) is 0 Å². The van der Waals surface area contributed by atoms with Gasteiger partial charge in [-0.05, 0) is 36.6 Å². The third-order valence-corrected chi connectivity index (χ3v) is 4.89. The zero-order valence-corrected chi connectivity index (χ0v) is 13.4. The first kappa shape index (κ1) is 14.7. The van der Waals surface area contributed by atoms with Crippen LogP contribution in [-0.4, -0.2) is 30.5 Å². The van der Waals surface area contributed by atoms with E-state index in [1.807, 2.05) is 29.2 Å². The molecule has 5 heteroatoms. The number of fused-ring (bicyclic) bond motifs is 1. The second-order valence-electron chi connectivity index (χ2n) is 6.32. The van der Waals surface area contributed by atoms with Gasteiger partial charge in [-0.2, -0.15) is 5.26 Å². The van der Waals surface area contributed by atoms with E-state index in [0.717, 1.165) is 37.4 Å². The Morgan fingerprint density at radius 3 is 2.88 bits per heavy atom. The number of amides is 1. The largest absolute Gasteiger partial charge is 0.356 e. The molecule has 3 heterocycles. The fourth-order valence-electron chi connectivity index (χ4n) is 3.60. The summed E-state index contributed by atoms with van der Waals surface area (Å²) in [5.74, 6) is 1.07. The Hall–Kier alpha value is -2.87. The fraction of sp³-hybridized carbons (Fsp3) is 0.316. The van der Waals surface area contributed by atoms with Gasteiger partial charge in [-0.25, -0.2) is 4.98 Å². The zero-order chi connectivity index (χ0) is 16.5. The summed E-state index contributed by atoms with van der Waals surface area (Å²) in [5.41, 5.74) is 2.88. The molecule has 1 aromatic carbocycles. The molecule has 1 aromatic heterocycles. The molecule has 24 heavy (non-hydrogen) atoms. The maximum atomic E-state index is 12.9. The van der Waals surface area contributed by atoms with Crippen molar-refractivity contribution in [2.75, 3.05) is 29.4 Å². The minimum Gasteiger partial charge on any atom is -0.356 e. The van der Waals surface area contributed by atoms with Crippen LogP contribution in [0, 0.1) is 17.2 Å². The second-order valence-corrected chi connectivity index (χ2v) is 6.32. The van der Waals surface area contributed by atoms with Crippen molar-refractivity contribution in [2.45, 2.75) is 12.8 Å². The number of pyridine rings is 1. The first-order valence-electron chi connectivity index (χ1n) is 8.26. The molecule has 1 saturated heterocycles. The molecule has 0 saturated carbocycles. The molecule has 0 N–H and O–H groups in total. The number of carbonyl (C=O) groups is 1. The van der Waals surface area contributed by atoms with Gasteiger partial charge in [-0.15, -0.1) is 0 Å². The SMILES string of the molecule is N#Cc1ccc(N2CCC(C(=O)N3CCc4ccccc43)C2)nc1. The average Bonchev–Trinajstić information content (AvgIpc) is 3.28. The second kappa shape index (κ2) is 5.97. The molecular weight excluding hydrogens is 300 g/mol. The van der Waals surface area contributed by atoms with Crippen LogP contribution in [0.25, 0.3) is 0 Å². The van der Waals surface area contributed by atoms with Crippen molar-refractivity contribution >= 4 is 17.4 Å². The molecule has 4 rings (SSSR count). The summed E-state index contributed by atoms with van der Waals surface area (Å²) < 4.78 is 0. The molecule has 0 bridgehead atoms. The van der Waals surface area contributed by atoms with Gasteiger partial charge in [0, 0.05) is 31.5 Å². The lowest BCUT2D eigenvalue weighted by Crippen LogP contribution is -2.36. The molecule has 1 fully saturated rings. The molecule has 1 atom stereocenters. The predicted octanol–water partition coefficient (Wildman–Crippen LogP) is 2.37. The molecule has 2 aromatic rings. The highest BCUT2D eigenvalue weighted by atomic mass is 16.2. The average molecular weight is 318 g/mol. The number of aromatic nitrogens is 1. The smallest absolute Gasteiger partial charge is 0.231 e. The van der Waals surface area contributed by atoms with Gasteiger partial charge in [-0.3, -0.25) is 4.79 Å². The highest BCUT2D eigenvalue weighted by Crippen LogP contribution is 2.31. The lowest BCUT2D eigenvalue weighted by Gasteiger charge is -2.22. The molecule has 2 aliphatic rings. The molecule has 0 spiro atoms. The maximum absolute atomic E-state index is 12.9. The van der Waals surface area contributed by atoms with Crippen LogP contribution in [-0.2, 0) is 11.2 Å². The fourth-order valence-corrected chi connectivity index (χ4v) is 3.60. The summed E-state index contributed by atoms with van der Waals surface area (Å²) >= 11 is 0. The highest BCUT2D eigenvalue weighted by molar-refractivity contribution is 5.97. The number of anilines is 2. The van der Waals surface area contributed by atoms with Crippen molar-refractivity contribution in [2.24, 2.45) is 5.92 Å². The van der Waals surface area contributed by atoms with E-state index in [4.69, 9.17) is 5.26 Å². The van der Waals surface area contributed by atoms with E-state index in [-0.39, 0.29) is 11.8 Å². The number of nitriles is 1. The number of carbonyl (C=O) groups excluding carboxylic acids is 1. The normalized spacial score (nSPS) is 19.2. The number of para-hydroxylation sites is 1. The van der Waals surface area contributed by atoms with Gasteiger partial charge in [0.15, 0.2) is 0 Å². The van der Waals surface area contributed by atoms with Crippen molar-refractivity contribution in [1.29, 1.82) is 5.26 Å². The van der Waals surface area contributed by atoms with Gasteiger partial charge in [0.25, 0.3) is 0 Å². The lowest BCUT2D eigenvalue weighted by molar-refractivity contribution is -0.121. The van der Waals surface area contributed by atoms with Crippen LogP contribution < -0.4 is 9.80 Å². The summed E-state index contributed by atoms with van der Waals surface area (Å²) in [7, 11) is 0. The zero-order valence-electron chi connectivity index (χ0n) is 13.4. The van der Waals surface area contributed by atoms with E-state index in [0.29, 0.717) is 12.1 Å². The molecule has 1 unspecified atom stereocenters. The van der Waals surface area contributed by atoms with Crippen LogP contribution in [0.1, 0.15) is 17.5 Å². The third kappa shape index (κ3) is 2.50.